The van der Waals surface area contributed by atoms with Crippen LogP contribution in [0.1, 0.15) is 51.4 Å². The van der Waals surface area contributed by atoms with Crippen LogP contribution < -0.4 is 0 Å². The molecule has 0 unspecified atom stereocenters. The van der Waals surface area contributed by atoms with Crippen molar-refractivity contribution in [3.63, 3.8) is 0 Å². The number of fused-ring (bicyclic) bond motifs is 2. The van der Waals surface area contributed by atoms with Crippen molar-refractivity contribution in [1.82, 2.24) is 0 Å². The second-order valence-corrected chi connectivity index (χ2v) is 5.80. The Morgan fingerprint density at radius 2 is 1.43 bits per heavy atom. The molecule has 0 aromatic rings. The Labute approximate surface area is 86.9 Å². The van der Waals surface area contributed by atoms with Crippen molar-refractivity contribution < 1.29 is 5.11 Å². The normalized spacial score (nSPS) is 48.6. The maximum absolute atomic E-state index is 10.2. The molecule has 14 heavy (non-hydrogen) atoms. The molecule has 0 aliphatic heterocycles. The van der Waals surface area contributed by atoms with Gasteiger partial charge in [-0.2, -0.15) is 0 Å². The van der Waals surface area contributed by atoms with E-state index in [0.717, 1.165) is 11.8 Å². The van der Waals surface area contributed by atoms with Crippen LogP contribution >= 0.6 is 0 Å². The van der Waals surface area contributed by atoms with Crippen molar-refractivity contribution in [3.05, 3.63) is 0 Å². The number of hydrogen-bond donors (Lipinski definition) is 1. The molecule has 3 fully saturated rings. The van der Waals surface area contributed by atoms with Crippen LogP contribution in [-0.2, 0) is 0 Å². The molecule has 2 bridgehead atoms. The van der Waals surface area contributed by atoms with E-state index in [9.17, 15) is 5.11 Å². The third-order valence-electron chi connectivity index (χ3n) is 5.13. The second-order valence-electron chi connectivity index (χ2n) is 5.80. The van der Waals surface area contributed by atoms with E-state index in [2.05, 4.69) is 0 Å². The molecule has 3 saturated carbocycles. The van der Waals surface area contributed by atoms with Crippen LogP contribution in [0.5, 0.6) is 0 Å². The zero-order valence-electron chi connectivity index (χ0n) is 8.99. The van der Waals surface area contributed by atoms with Gasteiger partial charge in [0.25, 0.3) is 0 Å². The standard InChI is InChI=1S/C13H22O/c14-13-11-7-6-10(8-11)12(13)9-4-2-1-3-5-9/h9-14H,1-8H2/t10-,11-,12+,13-/m0/s1. The van der Waals surface area contributed by atoms with Crippen molar-refractivity contribution in [2.24, 2.45) is 23.7 Å². The maximum Gasteiger partial charge on any atom is 0.0601 e. The summed E-state index contributed by atoms with van der Waals surface area (Å²) in [7, 11) is 0. The fourth-order valence-electron chi connectivity index (χ4n) is 4.49. The summed E-state index contributed by atoms with van der Waals surface area (Å²) in [4.78, 5) is 0. The summed E-state index contributed by atoms with van der Waals surface area (Å²) in [5, 5.41) is 10.2. The van der Waals surface area contributed by atoms with Gasteiger partial charge in [0, 0.05) is 0 Å². The third kappa shape index (κ3) is 1.32. The fourth-order valence-corrected chi connectivity index (χ4v) is 4.49. The summed E-state index contributed by atoms with van der Waals surface area (Å²) in [5.41, 5.74) is 0. The molecule has 1 heteroatoms. The minimum Gasteiger partial charge on any atom is -0.393 e. The Morgan fingerprint density at radius 1 is 0.714 bits per heavy atom. The van der Waals surface area contributed by atoms with Gasteiger partial charge in [0.1, 0.15) is 0 Å². The first-order valence-electron chi connectivity index (χ1n) is 6.54. The van der Waals surface area contributed by atoms with Gasteiger partial charge in [-0.15, -0.1) is 0 Å². The zero-order chi connectivity index (χ0) is 9.54. The first kappa shape index (κ1) is 9.21. The van der Waals surface area contributed by atoms with Gasteiger partial charge in [-0.1, -0.05) is 32.1 Å². The molecule has 3 aliphatic carbocycles. The number of rotatable bonds is 1. The van der Waals surface area contributed by atoms with Gasteiger partial charge in [0.2, 0.25) is 0 Å². The molecule has 1 N–H and O–H groups in total. The minimum atomic E-state index is 0.0804. The molecule has 1 nitrogen and oxygen atoms in total. The summed E-state index contributed by atoms with van der Waals surface area (Å²) in [5.74, 6) is 3.17. The highest BCUT2D eigenvalue weighted by molar-refractivity contribution is 4.99. The van der Waals surface area contributed by atoms with Crippen molar-refractivity contribution >= 4 is 0 Å². The Morgan fingerprint density at radius 3 is 2.07 bits per heavy atom. The quantitative estimate of drug-likeness (QED) is 0.680. The lowest BCUT2D eigenvalue weighted by molar-refractivity contribution is 0.0174. The van der Waals surface area contributed by atoms with Crippen LogP contribution in [0, 0.1) is 23.7 Å². The second kappa shape index (κ2) is 3.52. The van der Waals surface area contributed by atoms with Gasteiger partial charge >= 0.3 is 0 Å². The lowest BCUT2D eigenvalue weighted by Gasteiger charge is -2.36. The summed E-state index contributed by atoms with van der Waals surface area (Å²) < 4.78 is 0. The molecule has 80 valence electrons. The monoisotopic (exact) mass is 194 g/mol. The molecular weight excluding hydrogens is 172 g/mol. The highest BCUT2D eigenvalue weighted by atomic mass is 16.3. The van der Waals surface area contributed by atoms with E-state index in [-0.39, 0.29) is 6.10 Å². The summed E-state index contributed by atoms with van der Waals surface area (Å²) in [6.07, 6.45) is 11.3. The summed E-state index contributed by atoms with van der Waals surface area (Å²) in [6.45, 7) is 0. The highest BCUT2D eigenvalue weighted by Gasteiger charge is 2.49. The van der Waals surface area contributed by atoms with Gasteiger partial charge in [-0.25, -0.2) is 0 Å². The van der Waals surface area contributed by atoms with E-state index in [1.54, 1.807) is 0 Å². The Hall–Kier alpha value is -0.0400. The van der Waals surface area contributed by atoms with Gasteiger partial charge in [0.15, 0.2) is 0 Å². The topological polar surface area (TPSA) is 20.2 Å². The lowest BCUT2D eigenvalue weighted by Crippen LogP contribution is -2.34. The average Bonchev–Trinajstić information content (AvgIpc) is 2.79. The first-order chi connectivity index (χ1) is 6.86. The van der Waals surface area contributed by atoms with E-state index in [4.69, 9.17) is 0 Å². The van der Waals surface area contributed by atoms with E-state index in [1.165, 1.54) is 51.4 Å². The Kier molecular flexibility index (Phi) is 2.31. The molecule has 0 saturated heterocycles. The van der Waals surface area contributed by atoms with Crippen LogP contribution in [-0.4, -0.2) is 11.2 Å². The van der Waals surface area contributed by atoms with Crippen molar-refractivity contribution in [1.29, 1.82) is 0 Å². The van der Waals surface area contributed by atoms with Crippen LogP contribution in [0.3, 0.4) is 0 Å². The van der Waals surface area contributed by atoms with Crippen LogP contribution in [0.25, 0.3) is 0 Å². The molecular formula is C13H22O. The smallest absolute Gasteiger partial charge is 0.0601 e. The average molecular weight is 194 g/mol. The number of aliphatic hydroxyl groups is 1. The van der Waals surface area contributed by atoms with Gasteiger partial charge < -0.3 is 5.11 Å². The van der Waals surface area contributed by atoms with Crippen molar-refractivity contribution in [2.75, 3.05) is 0 Å². The largest absolute Gasteiger partial charge is 0.393 e. The molecule has 0 radical (unpaired) electrons. The molecule has 0 aromatic heterocycles. The Balaban J connectivity index is 1.71. The molecule has 3 aliphatic rings. The van der Waals surface area contributed by atoms with Crippen molar-refractivity contribution in [2.45, 2.75) is 57.5 Å². The first-order valence-corrected chi connectivity index (χ1v) is 6.54. The third-order valence-corrected chi connectivity index (χ3v) is 5.13. The molecule has 0 amide bonds. The van der Waals surface area contributed by atoms with E-state index < -0.39 is 0 Å². The van der Waals surface area contributed by atoms with Gasteiger partial charge in [0.05, 0.1) is 6.10 Å². The maximum atomic E-state index is 10.2. The summed E-state index contributed by atoms with van der Waals surface area (Å²) in [6, 6.07) is 0. The van der Waals surface area contributed by atoms with E-state index >= 15 is 0 Å². The molecule has 0 heterocycles. The molecule has 0 aromatic carbocycles. The molecule has 4 atom stereocenters. The fraction of sp³-hybridized carbons (Fsp3) is 1.00. The minimum absolute atomic E-state index is 0.0804. The van der Waals surface area contributed by atoms with Gasteiger partial charge in [-0.05, 0) is 42.9 Å². The summed E-state index contributed by atoms with van der Waals surface area (Å²) >= 11 is 0. The number of aliphatic hydroxyl groups excluding tert-OH is 1. The van der Waals surface area contributed by atoms with Crippen LogP contribution in [0.15, 0.2) is 0 Å². The SMILES string of the molecule is O[C@H]1[C@H]2CC[C@@H](C2)[C@H]1C1CCCCC1. The number of hydrogen-bond acceptors (Lipinski definition) is 1. The van der Waals surface area contributed by atoms with E-state index in [0.29, 0.717) is 11.8 Å². The molecule has 3 rings (SSSR count). The van der Waals surface area contributed by atoms with Crippen molar-refractivity contribution in [3.8, 4) is 0 Å². The van der Waals surface area contributed by atoms with E-state index in [1.807, 2.05) is 0 Å². The predicted octanol–water partition coefficient (Wildman–Crippen LogP) is 2.97. The highest BCUT2D eigenvalue weighted by Crippen LogP contribution is 2.53. The molecule has 0 spiro atoms. The predicted molar refractivity (Wildman–Crippen MR) is 56.9 cm³/mol. The Bertz CT molecular complexity index is 205. The van der Waals surface area contributed by atoms with Crippen LogP contribution in [0.2, 0.25) is 0 Å². The lowest BCUT2D eigenvalue weighted by atomic mass is 9.71. The van der Waals surface area contributed by atoms with Gasteiger partial charge in [-0.3, -0.25) is 0 Å². The zero-order valence-corrected chi connectivity index (χ0v) is 8.99. The van der Waals surface area contributed by atoms with Crippen LogP contribution in [0.4, 0.5) is 0 Å².